The monoisotopic (exact) mass is 458 g/mol. The minimum Gasteiger partial charge on any atom is -0.341 e. The summed E-state index contributed by atoms with van der Waals surface area (Å²) in [6.45, 7) is 3.78. The third-order valence-electron chi connectivity index (χ3n) is 6.12. The summed E-state index contributed by atoms with van der Waals surface area (Å²) in [5, 5.41) is 4.96. The second-order valence-corrected chi connectivity index (χ2v) is 9.48. The highest BCUT2D eigenvalue weighted by Gasteiger charge is 2.29. The molecule has 1 saturated heterocycles. The zero-order valence-electron chi connectivity index (χ0n) is 18.5. The lowest BCUT2D eigenvalue weighted by atomic mass is 9.97. The predicted octanol–water partition coefficient (Wildman–Crippen LogP) is 4.67. The number of nitrogens with one attached hydrogen (secondary N) is 1. The van der Waals surface area contributed by atoms with Crippen molar-refractivity contribution in [3.05, 3.63) is 87.5 Å². The van der Waals surface area contributed by atoms with Crippen molar-refractivity contribution in [2.24, 2.45) is 5.92 Å². The van der Waals surface area contributed by atoms with Crippen LogP contribution in [0, 0.1) is 12.8 Å². The Morgan fingerprint density at radius 1 is 1.12 bits per heavy atom. The number of hydrogen-bond acceptors (Lipinski definition) is 5. The van der Waals surface area contributed by atoms with Crippen LogP contribution in [0.1, 0.15) is 24.0 Å². The number of piperidine rings is 1. The molecule has 0 bridgehead atoms. The van der Waals surface area contributed by atoms with E-state index in [0.717, 1.165) is 41.7 Å². The van der Waals surface area contributed by atoms with Gasteiger partial charge in [-0.2, -0.15) is 0 Å². The molecule has 0 radical (unpaired) electrons. The number of rotatable bonds is 5. The molecule has 33 heavy (non-hydrogen) atoms. The first kappa shape index (κ1) is 21.4. The van der Waals surface area contributed by atoms with Crippen LogP contribution in [-0.2, 0) is 11.3 Å². The zero-order chi connectivity index (χ0) is 22.8. The lowest BCUT2D eigenvalue weighted by molar-refractivity contribution is -0.120. The highest BCUT2D eigenvalue weighted by Crippen LogP contribution is 2.26. The molecule has 1 atom stereocenters. The van der Waals surface area contributed by atoms with Gasteiger partial charge in [-0.1, -0.05) is 48.0 Å². The Bertz CT molecular complexity index is 1330. The summed E-state index contributed by atoms with van der Waals surface area (Å²) in [5.41, 5.74) is 3.70. The first-order chi connectivity index (χ1) is 16.1. The Labute approximate surface area is 196 Å². The van der Waals surface area contributed by atoms with Crippen LogP contribution in [0.25, 0.3) is 10.2 Å². The quantitative estimate of drug-likeness (QED) is 0.472. The summed E-state index contributed by atoms with van der Waals surface area (Å²) in [7, 11) is 0. The largest absolute Gasteiger partial charge is 0.341 e. The van der Waals surface area contributed by atoms with E-state index in [4.69, 9.17) is 4.98 Å². The maximum absolute atomic E-state index is 13.4. The zero-order valence-corrected chi connectivity index (χ0v) is 19.3. The van der Waals surface area contributed by atoms with Crippen LogP contribution >= 0.6 is 11.3 Å². The minimum atomic E-state index is -0.166. The number of aromatic nitrogens is 2. The Morgan fingerprint density at radius 3 is 2.70 bits per heavy atom. The van der Waals surface area contributed by atoms with Crippen molar-refractivity contribution < 1.29 is 4.79 Å². The van der Waals surface area contributed by atoms with E-state index < -0.39 is 0 Å². The van der Waals surface area contributed by atoms with Gasteiger partial charge in [-0.15, -0.1) is 11.3 Å². The number of thiophene rings is 1. The van der Waals surface area contributed by atoms with Crippen molar-refractivity contribution in [3.63, 3.8) is 0 Å². The smallest absolute Gasteiger partial charge is 0.273 e. The molecule has 0 aliphatic carbocycles. The normalized spacial score (nSPS) is 16.2. The molecule has 0 saturated carbocycles. The Morgan fingerprint density at radius 2 is 1.91 bits per heavy atom. The van der Waals surface area contributed by atoms with Crippen LogP contribution in [0.3, 0.4) is 0 Å². The van der Waals surface area contributed by atoms with Crippen LogP contribution < -0.4 is 15.8 Å². The first-order valence-electron chi connectivity index (χ1n) is 11.2. The van der Waals surface area contributed by atoms with E-state index in [1.807, 2.05) is 73.0 Å². The summed E-state index contributed by atoms with van der Waals surface area (Å²) in [6.07, 6.45) is 1.69. The van der Waals surface area contributed by atoms with Gasteiger partial charge in [-0.25, -0.2) is 4.98 Å². The van der Waals surface area contributed by atoms with Crippen molar-refractivity contribution in [2.45, 2.75) is 26.3 Å². The maximum atomic E-state index is 13.4. The van der Waals surface area contributed by atoms with Crippen LogP contribution in [0.4, 0.5) is 11.6 Å². The molecule has 7 heteroatoms. The fourth-order valence-electron chi connectivity index (χ4n) is 4.34. The average Bonchev–Trinajstić information content (AvgIpc) is 3.32. The van der Waals surface area contributed by atoms with Crippen molar-refractivity contribution in [3.8, 4) is 0 Å². The number of aryl methyl sites for hydroxylation is 1. The van der Waals surface area contributed by atoms with Crippen molar-refractivity contribution in [1.82, 2.24) is 9.55 Å². The average molecular weight is 459 g/mol. The minimum absolute atomic E-state index is 0.0112. The summed E-state index contributed by atoms with van der Waals surface area (Å²) >= 11 is 1.42. The molecule has 0 spiro atoms. The van der Waals surface area contributed by atoms with Crippen molar-refractivity contribution >= 4 is 39.1 Å². The molecule has 5 rings (SSSR count). The van der Waals surface area contributed by atoms with Gasteiger partial charge >= 0.3 is 0 Å². The molecule has 2 aromatic heterocycles. The van der Waals surface area contributed by atoms with E-state index in [9.17, 15) is 9.59 Å². The van der Waals surface area contributed by atoms with Crippen molar-refractivity contribution in [2.75, 3.05) is 23.3 Å². The first-order valence-corrected chi connectivity index (χ1v) is 12.1. The highest BCUT2D eigenvalue weighted by molar-refractivity contribution is 7.17. The summed E-state index contributed by atoms with van der Waals surface area (Å²) < 4.78 is 2.43. The van der Waals surface area contributed by atoms with E-state index in [-0.39, 0.29) is 17.4 Å². The molecule has 3 heterocycles. The second kappa shape index (κ2) is 9.19. The van der Waals surface area contributed by atoms with Gasteiger partial charge in [0, 0.05) is 18.8 Å². The molecule has 6 nitrogen and oxygen atoms in total. The molecular formula is C26H26N4O2S. The van der Waals surface area contributed by atoms with Gasteiger partial charge in [0.05, 0.1) is 18.0 Å². The molecule has 2 aromatic carbocycles. The van der Waals surface area contributed by atoms with E-state index in [2.05, 4.69) is 10.2 Å². The molecule has 4 aromatic rings. The standard InChI is InChI=1S/C26H26N4O2S/c1-18-9-11-21(12-10-18)27-24(31)20-8-5-14-29(17-20)26-28-22-13-15-33-23(22)25(32)30(26)16-19-6-3-2-4-7-19/h2-4,6-7,9-13,15,20H,5,8,14,16-17H2,1H3,(H,27,31). The Kier molecular flexibility index (Phi) is 5.96. The van der Waals surface area contributed by atoms with Gasteiger partial charge in [-0.3, -0.25) is 14.2 Å². The Hall–Kier alpha value is -3.45. The molecule has 1 aliphatic rings. The van der Waals surface area contributed by atoms with Gasteiger partial charge < -0.3 is 10.2 Å². The molecule has 168 valence electrons. The fourth-order valence-corrected chi connectivity index (χ4v) is 5.11. The van der Waals surface area contributed by atoms with Gasteiger partial charge in [0.1, 0.15) is 4.70 Å². The van der Waals surface area contributed by atoms with Gasteiger partial charge in [0.25, 0.3) is 5.56 Å². The van der Waals surface area contributed by atoms with Crippen LogP contribution in [0.5, 0.6) is 0 Å². The predicted molar refractivity (Wildman–Crippen MR) is 134 cm³/mol. The summed E-state index contributed by atoms with van der Waals surface area (Å²) in [5.74, 6) is 0.486. The topological polar surface area (TPSA) is 67.2 Å². The summed E-state index contributed by atoms with van der Waals surface area (Å²) in [6, 6.07) is 19.7. The number of amides is 1. The Balaban J connectivity index is 1.44. The lowest BCUT2D eigenvalue weighted by Crippen LogP contribution is -2.43. The van der Waals surface area contributed by atoms with E-state index in [0.29, 0.717) is 23.7 Å². The highest BCUT2D eigenvalue weighted by atomic mass is 32.1. The molecule has 1 fully saturated rings. The van der Waals surface area contributed by atoms with Crippen LogP contribution in [0.15, 0.2) is 70.8 Å². The van der Waals surface area contributed by atoms with Crippen LogP contribution in [0.2, 0.25) is 0 Å². The number of benzene rings is 2. The molecule has 1 unspecified atom stereocenters. The number of anilines is 2. The van der Waals surface area contributed by atoms with Crippen molar-refractivity contribution in [1.29, 1.82) is 0 Å². The number of carbonyl (C=O) groups is 1. The number of hydrogen-bond donors (Lipinski definition) is 1. The van der Waals surface area contributed by atoms with Crippen LogP contribution in [-0.4, -0.2) is 28.5 Å². The molecule has 1 N–H and O–H groups in total. The van der Waals surface area contributed by atoms with Gasteiger partial charge in [0.15, 0.2) is 0 Å². The second-order valence-electron chi connectivity index (χ2n) is 8.56. The van der Waals surface area contributed by atoms with Gasteiger partial charge in [-0.05, 0) is 48.9 Å². The molecular weight excluding hydrogens is 432 g/mol. The number of carbonyl (C=O) groups excluding carboxylic acids is 1. The summed E-state index contributed by atoms with van der Waals surface area (Å²) in [4.78, 5) is 33.4. The SMILES string of the molecule is Cc1ccc(NC(=O)C2CCCN(c3nc4ccsc4c(=O)n3Cc3ccccc3)C2)cc1. The third-order valence-corrected chi connectivity index (χ3v) is 7.01. The lowest BCUT2D eigenvalue weighted by Gasteiger charge is -2.34. The maximum Gasteiger partial charge on any atom is 0.273 e. The van der Waals surface area contributed by atoms with Gasteiger partial charge in [0.2, 0.25) is 11.9 Å². The van der Waals surface area contributed by atoms with E-state index in [1.54, 1.807) is 4.57 Å². The van der Waals surface area contributed by atoms with E-state index >= 15 is 0 Å². The van der Waals surface area contributed by atoms with E-state index in [1.165, 1.54) is 11.3 Å². The fraction of sp³-hybridized carbons (Fsp3) is 0.269. The number of fused-ring (bicyclic) bond motifs is 1. The third kappa shape index (κ3) is 4.54. The molecule has 1 amide bonds. The molecule has 1 aliphatic heterocycles. The number of nitrogens with zero attached hydrogens (tertiary/aromatic N) is 3.